The van der Waals surface area contributed by atoms with Gasteiger partial charge < -0.3 is 24.3 Å². The Bertz CT molecular complexity index is 1310. The second-order valence-electron chi connectivity index (χ2n) is 11.4. The van der Waals surface area contributed by atoms with Crippen LogP contribution in [0.3, 0.4) is 0 Å². The smallest absolute Gasteiger partial charge is 0.318 e. The first kappa shape index (κ1) is 26.5. The van der Waals surface area contributed by atoms with Crippen LogP contribution < -0.4 is 14.5 Å². The first-order valence-electron chi connectivity index (χ1n) is 14.5. The molecule has 0 N–H and O–H groups in total. The van der Waals surface area contributed by atoms with E-state index < -0.39 is 0 Å². The fourth-order valence-electron chi connectivity index (χ4n) is 6.42. The van der Waals surface area contributed by atoms with Gasteiger partial charge in [-0.2, -0.15) is 15.2 Å². The monoisotopic (exact) mass is 542 g/mol. The van der Waals surface area contributed by atoms with E-state index in [4.69, 9.17) is 14.7 Å². The molecular formula is C30H38N8O2. The molecule has 0 unspecified atom stereocenters. The molecule has 6 rings (SSSR count). The molecule has 5 heterocycles. The Morgan fingerprint density at radius 1 is 1.18 bits per heavy atom. The van der Waals surface area contributed by atoms with Crippen LogP contribution in [0, 0.1) is 11.3 Å². The minimum Gasteiger partial charge on any atom is -0.462 e. The SMILES string of the molecule is C=CC(=O)N1CCN(c2nc(OC[C@@H]3CCCN3C)nc3c2CCN(c2cnccc2C2CC2)C3)C[C@@H]1CC#N. The van der Waals surface area contributed by atoms with Gasteiger partial charge in [0.05, 0.1) is 42.7 Å². The van der Waals surface area contributed by atoms with Gasteiger partial charge in [0, 0.05) is 44.0 Å². The topological polar surface area (TPSA) is 102 Å². The minimum absolute atomic E-state index is 0.132. The molecule has 40 heavy (non-hydrogen) atoms. The molecule has 1 aliphatic carbocycles. The molecule has 10 nitrogen and oxygen atoms in total. The number of likely N-dealkylation sites (tertiary alicyclic amines) is 1. The molecule has 10 heteroatoms. The lowest BCUT2D eigenvalue weighted by molar-refractivity contribution is -0.128. The number of nitriles is 1. The van der Waals surface area contributed by atoms with Gasteiger partial charge in [-0.25, -0.2) is 0 Å². The Labute approximate surface area is 236 Å². The maximum atomic E-state index is 12.5. The average Bonchev–Trinajstić information content (AvgIpc) is 3.76. The summed E-state index contributed by atoms with van der Waals surface area (Å²) in [6.07, 6.45) is 11.1. The van der Waals surface area contributed by atoms with Crippen molar-refractivity contribution in [1.82, 2.24) is 24.8 Å². The molecule has 2 aromatic rings. The Morgan fingerprint density at radius 2 is 2.05 bits per heavy atom. The van der Waals surface area contributed by atoms with E-state index in [1.165, 1.54) is 36.6 Å². The fraction of sp³-hybridized carbons (Fsp3) is 0.567. The van der Waals surface area contributed by atoms with E-state index in [2.05, 4.69) is 45.4 Å². The lowest BCUT2D eigenvalue weighted by Crippen LogP contribution is -2.55. The zero-order valence-corrected chi connectivity index (χ0v) is 23.3. The number of ether oxygens (including phenoxy) is 1. The number of carbonyl (C=O) groups is 1. The van der Waals surface area contributed by atoms with E-state index in [0.29, 0.717) is 50.8 Å². The number of nitrogens with zero attached hydrogens (tertiary/aromatic N) is 8. The molecule has 0 bridgehead atoms. The molecule has 210 valence electrons. The fourth-order valence-corrected chi connectivity index (χ4v) is 6.42. The summed E-state index contributed by atoms with van der Waals surface area (Å²) in [6.45, 7) is 8.52. The summed E-state index contributed by atoms with van der Waals surface area (Å²) < 4.78 is 6.27. The summed E-state index contributed by atoms with van der Waals surface area (Å²) in [6, 6.07) is 4.98. The second-order valence-corrected chi connectivity index (χ2v) is 11.4. The number of pyridine rings is 1. The van der Waals surface area contributed by atoms with Crippen LogP contribution in [0.4, 0.5) is 11.5 Å². The highest BCUT2D eigenvalue weighted by Crippen LogP contribution is 2.45. The summed E-state index contributed by atoms with van der Waals surface area (Å²) in [4.78, 5) is 35.6. The highest BCUT2D eigenvalue weighted by atomic mass is 16.5. The van der Waals surface area contributed by atoms with Crippen LogP contribution in [0.2, 0.25) is 0 Å². The Balaban J connectivity index is 1.30. The molecule has 0 spiro atoms. The van der Waals surface area contributed by atoms with E-state index in [0.717, 1.165) is 43.0 Å². The standard InChI is InChI=1S/C30H38N8O2/c1-3-28(39)38-16-15-37(18-22(38)8-11-31)29-25-10-14-36(27-17-32-12-9-24(27)21-6-7-21)19-26(25)33-30(34-29)40-20-23-5-4-13-35(23)2/h3,9,12,17,21-23H,1,4-8,10,13-16,18-20H2,2H3/t22-,23-/m0/s1. The van der Waals surface area contributed by atoms with Crippen molar-refractivity contribution < 1.29 is 9.53 Å². The van der Waals surface area contributed by atoms with Crippen molar-refractivity contribution in [2.24, 2.45) is 0 Å². The Kier molecular flexibility index (Phi) is 7.57. The largest absolute Gasteiger partial charge is 0.462 e. The van der Waals surface area contributed by atoms with Crippen molar-refractivity contribution in [2.45, 2.75) is 63.1 Å². The molecule has 4 aliphatic rings. The summed E-state index contributed by atoms with van der Waals surface area (Å²) >= 11 is 0. The van der Waals surface area contributed by atoms with Crippen LogP contribution in [-0.2, 0) is 17.8 Å². The number of fused-ring (bicyclic) bond motifs is 1. The number of aromatic nitrogens is 3. The zero-order chi connectivity index (χ0) is 27.6. The number of rotatable bonds is 8. The molecule has 0 radical (unpaired) electrons. The van der Waals surface area contributed by atoms with Gasteiger partial charge in [0.15, 0.2) is 0 Å². The molecule has 3 fully saturated rings. The highest BCUT2D eigenvalue weighted by molar-refractivity contribution is 5.87. The molecule has 3 aliphatic heterocycles. The van der Waals surface area contributed by atoms with Gasteiger partial charge in [0.25, 0.3) is 0 Å². The van der Waals surface area contributed by atoms with Crippen LogP contribution in [0.15, 0.2) is 31.1 Å². The molecule has 2 atom stereocenters. The summed E-state index contributed by atoms with van der Waals surface area (Å²) in [5.41, 5.74) is 4.71. The van der Waals surface area contributed by atoms with E-state index in [-0.39, 0.29) is 18.4 Å². The summed E-state index contributed by atoms with van der Waals surface area (Å²) in [5.74, 6) is 1.38. The lowest BCUT2D eigenvalue weighted by Gasteiger charge is -2.42. The third kappa shape index (κ3) is 5.35. The van der Waals surface area contributed by atoms with Crippen molar-refractivity contribution in [2.75, 3.05) is 56.2 Å². The predicted octanol–water partition coefficient (Wildman–Crippen LogP) is 2.90. The van der Waals surface area contributed by atoms with Crippen LogP contribution in [0.25, 0.3) is 0 Å². The quantitative estimate of drug-likeness (QED) is 0.466. The number of piperazine rings is 1. The van der Waals surface area contributed by atoms with E-state index in [1.807, 2.05) is 12.4 Å². The van der Waals surface area contributed by atoms with Crippen LogP contribution in [0.5, 0.6) is 6.01 Å². The third-order valence-corrected chi connectivity index (χ3v) is 8.86. The van der Waals surface area contributed by atoms with Gasteiger partial charge in [-0.15, -0.1) is 0 Å². The first-order chi connectivity index (χ1) is 19.6. The van der Waals surface area contributed by atoms with Gasteiger partial charge in [-0.05, 0) is 69.3 Å². The minimum atomic E-state index is -0.219. The maximum Gasteiger partial charge on any atom is 0.318 e. The van der Waals surface area contributed by atoms with Gasteiger partial charge in [0.2, 0.25) is 5.91 Å². The number of anilines is 2. The number of hydrogen-bond donors (Lipinski definition) is 0. The summed E-state index contributed by atoms with van der Waals surface area (Å²) in [5, 5.41) is 9.49. The van der Waals surface area contributed by atoms with Crippen molar-refractivity contribution in [3.63, 3.8) is 0 Å². The van der Waals surface area contributed by atoms with Crippen LogP contribution in [-0.4, -0.2) is 89.1 Å². The Hall–Kier alpha value is -3.71. The van der Waals surface area contributed by atoms with Gasteiger partial charge in [0.1, 0.15) is 12.4 Å². The predicted molar refractivity (Wildman–Crippen MR) is 152 cm³/mol. The summed E-state index contributed by atoms with van der Waals surface area (Å²) in [7, 11) is 2.14. The van der Waals surface area contributed by atoms with Crippen molar-refractivity contribution in [3.05, 3.63) is 47.9 Å². The number of hydrogen-bond acceptors (Lipinski definition) is 9. The van der Waals surface area contributed by atoms with E-state index in [9.17, 15) is 10.1 Å². The van der Waals surface area contributed by atoms with Crippen molar-refractivity contribution >= 4 is 17.4 Å². The van der Waals surface area contributed by atoms with Crippen LogP contribution in [0.1, 0.15) is 54.8 Å². The van der Waals surface area contributed by atoms with Gasteiger partial charge in [-0.1, -0.05) is 6.58 Å². The molecule has 0 aromatic carbocycles. The molecule has 1 saturated carbocycles. The second kappa shape index (κ2) is 11.4. The zero-order valence-electron chi connectivity index (χ0n) is 23.3. The number of likely N-dealkylation sites (N-methyl/N-ethyl adjacent to an activating group) is 1. The van der Waals surface area contributed by atoms with Crippen molar-refractivity contribution in [1.29, 1.82) is 5.26 Å². The molecule has 1 amide bonds. The van der Waals surface area contributed by atoms with Gasteiger partial charge >= 0.3 is 6.01 Å². The maximum absolute atomic E-state index is 12.5. The molecular weight excluding hydrogens is 504 g/mol. The lowest BCUT2D eigenvalue weighted by atomic mass is 10.0. The highest BCUT2D eigenvalue weighted by Gasteiger charge is 2.34. The first-order valence-corrected chi connectivity index (χ1v) is 14.5. The number of amides is 1. The molecule has 2 aromatic heterocycles. The number of carbonyl (C=O) groups excluding carboxylic acids is 1. The van der Waals surface area contributed by atoms with Crippen LogP contribution >= 0.6 is 0 Å². The van der Waals surface area contributed by atoms with Gasteiger partial charge in [-0.3, -0.25) is 9.78 Å². The van der Waals surface area contributed by atoms with Crippen molar-refractivity contribution in [3.8, 4) is 12.1 Å². The normalized spacial score (nSPS) is 23.1. The van der Waals surface area contributed by atoms with E-state index >= 15 is 0 Å². The average molecular weight is 543 g/mol. The Morgan fingerprint density at radius 3 is 2.80 bits per heavy atom. The molecule has 2 saturated heterocycles. The van der Waals surface area contributed by atoms with E-state index in [1.54, 1.807) is 4.90 Å². The third-order valence-electron chi connectivity index (χ3n) is 8.86.